The summed E-state index contributed by atoms with van der Waals surface area (Å²) in [6.07, 6.45) is 6.31. The van der Waals surface area contributed by atoms with Crippen molar-refractivity contribution in [3.05, 3.63) is 95.2 Å². The Morgan fingerprint density at radius 1 is 1.03 bits per heavy atom. The van der Waals surface area contributed by atoms with E-state index in [1.165, 1.54) is 24.4 Å². The minimum absolute atomic E-state index is 0.0404. The van der Waals surface area contributed by atoms with E-state index in [0.29, 0.717) is 36.2 Å². The van der Waals surface area contributed by atoms with E-state index in [4.69, 9.17) is 9.47 Å². The number of nitrogens with zero attached hydrogens (tertiary/aromatic N) is 2. The molecule has 184 valence electrons. The molecule has 0 radical (unpaired) electrons. The zero-order valence-electron chi connectivity index (χ0n) is 20.2. The van der Waals surface area contributed by atoms with Crippen LogP contribution in [0.5, 0.6) is 11.6 Å². The summed E-state index contributed by atoms with van der Waals surface area (Å²) in [6.45, 7) is 1.43. The third kappa shape index (κ3) is 5.74. The van der Waals surface area contributed by atoms with Crippen LogP contribution in [0.15, 0.2) is 78.5 Å². The van der Waals surface area contributed by atoms with E-state index in [0.717, 1.165) is 24.8 Å². The van der Waals surface area contributed by atoms with Crippen molar-refractivity contribution in [2.75, 3.05) is 20.2 Å². The summed E-state index contributed by atoms with van der Waals surface area (Å²) in [5.41, 5.74) is 4.02. The largest absolute Gasteiger partial charge is 0.465 e. The van der Waals surface area contributed by atoms with Gasteiger partial charge in [0.1, 0.15) is 5.75 Å². The van der Waals surface area contributed by atoms with E-state index in [1.807, 2.05) is 47.4 Å². The van der Waals surface area contributed by atoms with Crippen molar-refractivity contribution in [2.45, 2.75) is 31.2 Å². The Bertz CT molecular complexity index is 1250. The second-order valence-corrected chi connectivity index (χ2v) is 9.15. The predicted octanol–water partition coefficient (Wildman–Crippen LogP) is 5.41. The highest BCUT2D eigenvalue weighted by atomic mass is 16.5. The van der Waals surface area contributed by atoms with Gasteiger partial charge >= 0.3 is 12.0 Å². The molecule has 2 fully saturated rings. The highest BCUT2D eigenvalue weighted by Gasteiger charge is 2.40. The van der Waals surface area contributed by atoms with Gasteiger partial charge in [-0.15, -0.1) is 0 Å². The molecule has 5 rings (SSSR count). The Morgan fingerprint density at radius 3 is 2.56 bits per heavy atom. The third-order valence-electron chi connectivity index (χ3n) is 6.63. The molecule has 36 heavy (non-hydrogen) atoms. The summed E-state index contributed by atoms with van der Waals surface area (Å²) in [6, 6.07) is 21.7. The normalized spacial score (nSPS) is 18.8. The minimum Gasteiger partial charge on any atom is -0.465 e. The summed E-state index contributed by atoms with van der Waals surface area (Å²) in [7, 11) is 1.33. The number of carbonyl (C=O) groups excluding carboxylic acids is 2. The molecule has 1 aliphatic heterocycles. The molecular formula is C29H29N3O4. The number of hydrogen-bond acceptors (Lipinski definition) is 5. The molecule has 1 aromatic heterocycles. The maximum absolute atomic E-state index is 12.7. The summed E-state index contributed by atoms with van der Waals surface area (Å²) in [5, 5.41) is 3.20. The van der Waals surface area contributed by atoms with Gasteiger partial charge in [0.25, 0.3) is 0 Å². The summed E-state index contributed by atoms with van der Waals surface area (Å²) >= 11 is 0. The fourth-order valence-electron chi connectivity index (χ4n) is 4.52. The first kappa shape index (κ1) is 23.6. The zero-order chi connectivity index (χ0) is 24.9. The Hall–Kier alpha value is -4.13. The molecule has 1 aliphatic carbocycles. The van der Waals surface area contributed by atoms with Crippen LogP contribution < -0.4 is 10.1 Å². The van der Waals surface area contributed by atoms with Gasteiger partial charge in [-0.2, -0.15) is 0 Å². The van der Waals surface area contributed by atoms with E-state index in [2.05, 4.69) is 28.5 Å². The molecule has 1 N–H and O–H groups in total. The molecule has 1 unspecified atom stereocenters. The standard InChI is InChI=1S/C29H29N3O4/c1-35-28(33)23-10-11-27(30-19-23)36-24-9-5-6-21(17-24)16-20-12-14-32(15-13-20)29(34)31-26-18-25(26)22-7-3-2-4-8-22/h2-11,16-17,19,25-26H,12-15,18H2,1H3,(H,31,34)/t25-,26?/m0/s1. The number of carbonyl (C=O) groups is 2. The fraction of sp³-hybridized carbons (Fsp3) is 0.276. The third-order valence-corrected chi connectivity index (χ3v) is 6.63. The molecule has 0 bridgehead atoms. The number of aromatic nitrogens is 1. The van der Waals surface area contributed by atoms with E-state index < -0.39 is 5.97 Å². The van der Waals surface area contributed by atoms with Crippen LogP contribution in [0.3, 0.4) is 0 Å². The molecule has 1 saturated carbocycles. The maximum Gasteiger partial charge on any atom is 0.339 e. The molecule has 1 saturated heterocycles. The summed E-state index contributed by atoms with van der Waals surface area (Å²) in [4.78, 5) is 30.4. The first-order valence-electron chi connectivity index (χ1n) is 12.2. The SMILES string of the molecule is COC(=O)c1ccc(Oc2cccc(C=C3CCN(C(=O)NC4C[C@H]4c4ccccc4)CC3)c2)nc1. The topological polar surface area (TPSA) is 80.8 Å². The molecule has 2 aliphatic rings. The van der Waals surface area contributed by atoms with Crippen molar-refractivity contribution in [3.63, 3.8) is 0 Å². The number of pyridine rings is 1. The number of esters is 1. The van der Waals surface area contributed by atoms with Crippen molar-refractivity contribution in [1.82, 2.24) is 15.2 Å². The maximum atomic E-state index is 12.7. The fourth-order valence-corrected chi connectivity index (χ4v) is 4.52. The lowest BCUT2D eigenvalue weighted by atomic mass is 10.0. The van der Waals surface area contributed by atoms with E-state index in [1.54, 1.807) is 12.1 Å². The smallest absolute Gasteiger partial charge is 0.339 e. The molecule has 2 atom stereocenters. The van der Waals surface area contributed by atoms with Gasteiger partial charge in [0.2, 0.25) is 5.88 Å². The molecule has 0 spiro atoms. The van der Waals surface area contributed by atoms with E-state index in [-0.39, 0.29) is 12.1 Å². The number of amides is 2. The van der Waals surface area contributed by atoms with Crippen molar-refractivity contribution < 1.29 is 19.1 Å². The van der Waals surface area contributed by atoms with Crippen LogP contribution in [0.4, 0.5) is 4.79 Å². The number of ether oxygens (including phenoxy) is 2. The number of piperidine rings is 1. The number of nitrogens with one attached hydrogen (secondary N) is 1. The average Bonchev–Trinajstić information content (AvgIpc) is 3.69. The molecule has 3 aromatic rings. The minimum atomic E-state index is -0.435. The van der Waals surface area contributed by atoms with Gasteiger partial charge in [0.05, 0.1) is 12.7 Å². The number of benzene rings is 2. The second kappa shape index (κ2) is 10.6. The van der Waals surface area contributed by atoms with Crippen molar-refractivity contribution >= 4 is 18.1 Å². The highest BCUT2D eigenvalue weighted by molar-refractivity contribution is 5.88. The van der Waals surface area contributed by atoms with Crippen LogP contribution in [0.2, 0.25) is 0 Å². The van der Waals surface area contributed by atoms with Gasteiger partial charge in [0, 0.05) is 37.3 Å². The molecule has 7 nitrogen and oxygen atoms in total. The Balaban J connectivity index is 1.12. The second-order valence-electron chi connectivity index (χ2n) is 9.15. The van der Waals surface area contributed by atoms with Crippen LogP contribution in [-0.4, -0.2) is 48.1 Å². The van der Waals surface area contributed by atoms with Gasteiger partial charge in [0.15, 0.2) is 0 Å². The first-order chi connectivity index (χ1) is 17.6. The van der Waals surface area contributed by atoms with Crippen LogP contribution in [0.1, 0.15) is 46.7 Å². The summed E-state index contributed by atoms with van der Waals surface area (Å²) in [5.74, 6) is 1.06. The van der Waals surface area contributed by atoms with Gasteiger partial charge in [-0.3, -0.25) is 0 Å². The summed E-state index contributed by atoms with van der Waals surface area (Å²) < 4.78 is 10.5. The lowest BCUT2D eigenvalue weighted by molar-refractivity contribution is 0.0600. The van der Waals surface area contributed by atoms with Crippen molar-refractivity contribution in [2.24, 2.45) is 0 Å². The van der Waals surface area contributed by atoms with E-state index >= 15 is 0 Å². The van der Waals surface area contributed by atoms with Crippen molar-refractivity contribution in [1.29, 1.82) is 0 Å². The number of likely N-dealkylation sites (tertiary alicyclic amines) is 1. The van der Waals surface area contributed by atoms with Gasteiger partial charge < -0.3 is 19.7 Å². The average molecular weight is 484 g/mol. The lowest BCUT2D eigenvalue weighted by Gasteiger charge is -2.28. The Kier molecular flexibility index (Phi) is 6.98. The quantitative estimate of drug-likeness (QED) is 0.475. The zero-order valence-corrected chi connectivity index (χ0v) is 20.2. The number of hydrogen-bond donors (Lipinski definition) is 1. The Morgan fingerprint density at radius 2 is 1.83 bits per heavy atom. The van der Waals surface area contributed by atoms with E-state index in [9.17, 15) is 9.59 Å². The van der Waals surface area contributed by atoms with Gasteiger partial charge in [-0.1, -0.05) is 54.1 Å². The van der Waals surface area contributed by atoms with Crippen molar-refractivity contribution in [3.8, 4) is 11.6 Å². The van der Waals surface area contributed by atoms with Crippen LogP contribution in [0, 0.1) is 0 Å². The first-order valence-corrected chi connectivity index (χ1v) is 12.2. The van der Waals surface area contributed by atoms with Crippen LogP contribution >= 0.6 is 0 Å². The number of methoxy groups -OCH3 is 1. The van der Waals surface area contributed by atoms with Gasteiger partial charge in [-0.05, 0) is 48.6 Å². The highest BCUT2D eigenvalue weighted by Crippen LogP contribution is 2.40. The molecule has 2 heterocycles. The predicted molar refractivity (Wildman–Crippen MR) is 137 cm³/mol. The molecule has 2 aromatic carbocycles. The molecule has 2 amide bonds. The lowest BCUT2D eigenvalue weighted by Crippen LogP contribution is -2.44. The Labute approximate surface area is 210 Å². The van der Waals surface area contributed by atoms with Gasteiger partial charge in [-0.25, -0.2) is 14.6 Å². The molecular weight excluding hydrogens is 454 g/mol. The van der Waals surface area contributed by atoms with Crippen LogP contribution in [-0.2, 0) is 4.74 Å². The molecule has 7 heteroatoms. The number of urea groups is 1. The van der Waals surface area contributed by atoms with Crippen LogP contribution in [0.25, 0.3) is 6.08 Å². The number of rotatable bonds is 6. The monoisotopic (exact) mass is 483 g/mol.